The van der Waals surface area contributed by atoms with E-state index in [-0.39, 0.29) is 5.97 Å². The Kier molecular flexibility index (Phi) is 4.30. The Bertz CT molecular complexity index is 522. The lowest BCUT2D eigenvalue weighted by molar-refractivity contribution is -0.140. The van der Waals surface area contributed by atoms with E-state index in [2.05, 4.69) is 15.0 Å². The number of nitrogens with one attached hydrogen (secondary N) is 1. The molecule has 1 heterocycles. The van der Waals surface area contributed by atoms with E-state index in [1.165, 1.54) is 13.5 Å². The van der Waals surface area contributed by atoms with Crippen molar-refractivity contribution < 1.29 is 13.9 Å². The highest BCUT2D eigenvalue weighted by Crippen LogP contribution is 2.13. The molecule has 1 aromatic carbocycles. The first-order valence-corrected chi connectivity index (χ1v) is 5.89. The number of carbonyl (C=O) groups is 1. The van der Waals surface area contributed by atoms with E-state index in [1.807, 2.05) is 18.2 Å². The highest BCUT2D eigenvalue weighted by atomic mass is 16.5. The molecule has 0 radical (unpaired) electrons. The molecule has 1 aromatic heterocycles. The SMILES string of the molecule is COC(=O)CCCNCc1ccc2ncoc2c1. The van der Waals surface area contributed by atoms with Crippen molar-refractivity contribution in [1.82, 2.24) is 10.3 Å². The van der Waals surface area contributed by atoms with Gasteiger partial charge in [0.1, 0.15) is 5.52 Å². The predicted molar refractivity (Wildman–Crippen MR) is 67.0 cm³/mol. The second-order valence-electron chi connectivity index (χ2n) is 4.01. The third kappa shape index (κ3) is 3.30. The average Bonchev–Trinajstić information content (AvgIpc) is 2.85. The zero-order chi connectivity index (χ0) is 12.8. The van der Waals surface area contributed by atoms with E-state index in [9.17, 15) is 4.79 Å². The number of methoxy groups -OCH3 is 1. The van der Waals surface area contributed by atoms with Gasteiger partial charge in [0, 0.05) is 13.0 Å². The maximum Gasteiger partial charge on any atom is 0.305 e. The van der Waals surface area contributed by atoms with Gasteiger partial charge < -0.3 is 14.5 Å². The number of rotatable bonds is 6. The van der Waals surface area contributed by atoms with Gasteiger partial charge in [-0.25, -0.2) is 4.98 Å². The van der Waals surface area contributed by atoms with Gasteiger partial charge in [0.25, 0.3) is 0 Å². The van der Waals surface area contributed by atoms with Crippen LogP contribution in [0.15, 0.2) is 29.0 Å². The monoisotopic (exact) mass is 248 g/mol. The van der Waals surface area contributed by atoms with Gasteiger partial charge in [-0.2, -0.15) is 0 Å². The molecule has 0 bridgehead atoms. The van der Waals surface area contributed by atoms with Crippen LogP contribution < -0.4 is 5.32 Å². The molecule has 2 rings (SSSR count). The molecule has 0 unspecified atom stereocenters. The van der Waals surface area contributed by atoms with Crippen LogP contribution in [0.25, 0.3) is 11.1 Å². The Morgan fingerprint density at radius 1 is 1.50 bits per heavy atom. The molecule has 0 aliphatic heterocycles. The molecular weight excluding hydrogens is 232 g/mol. The predicted octanol–water partition coefficient (Wildman–Crippen LogP) is 1.87. The van der Waals surface area contributed by atoms with E-state index in [0.717, 1.165) is 36.2 Å². The summed E-state index contributed by atoms with van der Waals surface area (Å²) < 4.78 is 9.80. The van der Waals surface area contributed by atoms with Gasteiger partial charge >= 0.3 is 5.97 Å². The van der Waals surface area contributed by atoms with E-state index >= 15 is 0 Å². The molecule has 0 spiro atoms. The Balaban J connectivity index is 1.74. The molecule has 18 heavy (non-hydrogen) atoms. The van der Waals surface area contributed by atoms with Gasteiger partial charge in [-0.05, 0) is 30.7 Å². The summed E-state index contributed by atoms with van der Waals surface area (Å²) in [5.74, 6) is -0.167. The van der Waals surface area contributed by atoms with Crippen molar-refractivity contribution in [2.75, 3.05) is 13.7 Å². The molecule has 96 valence electrons. The second kappa shape index (κ2) is 6.16. The minimum Gasteiger partial charge on any atom is -0.469 e. The Hall–Kier alpha value is -1.88. The smallest absolute Gasteiger partial charge is 0.305 e. The summed E-state index contributed by atoms with van der Waals surface area (Å²) in [6, 6.07) is 5.91. The molecule has 2 aromatic rings. The van der Waals surface area contributed by atoms with Crippen LogP contribution in [-0.4, -0.2) is 24.6 Å². The first kappa shape index (κ1) is 12.6. The summed E-state index contributed by atoms with van der Waals surface area (Å²) in [6.07, 6.45) is 2.67. The van der Waals surface area contributed by atoms with E-state index < -0.39 is 0 Å². The summed E-state index contributed by atoms with van der Waals surface area (Å²) in [6.45, 7) is 1.53. The van der Waals surface area contributed by atoms with Crippen molar-refractivity contribution in [1.29, 1.82) is 0 Å². The van der Waals surface area contributed by atoms with Gasteiger partial charge in [-0.3, -0.25) is 4.79 Å². The molecular formula is C13H16N2O3. The fraction of sp³-hybridized carbons (Fsp3) is 0.385. The first-order valence-electron chi connectivity index (χ1n) is 5.89. The van der Waals surface area contributed by atoms with Crippen molar-refractivity contribution in [3.05, 3.63) is 30.2 Å². The summed E-state index contributed by atoms with van der Waals surface area (Å²) in [5, 5.41) is 3.27. The summed E-state index contributed by atoms with van der Waals surface area (Å²) >= 11 is 0. The standard InChI is InChI=1S/C13H16N2O3/c1-17-13(16)3-2-6-14-8-10-4-5-11-12(7-10)18-9-15-11/h4-5,7,9,14H,2-3,6,8H2,1H3. The van der Waals surface area contributed by atoms with Crippen LogP contribution in [0.5, 0.6) is 0 Å². The Morgan fingerprint density at radius 2 is 2.39 bits per heavy atom. The number of aromatic nitrogens is 1. The van der Waals surface area contributed by atoms with Gasteiger partial charge in [0.15, 0.2) is 12.0 Å². The number of nitrogens with zero attached hydrogens (tertiary/aromatic N) is 1. The third-order valence-electron chi connectivity index (χ3n) is 2.69. The molecule has 0 amide bonds. The van der Waals surface area contributed by atoms with Crippen molar-refractivity contribution in [2.24, 2.45) is 0 Å². The Morgan fingerprint density at radius 3 is 3.22 bits per heavy atom. The molecule has 0 atom stereocenters. The number of oxazole rings is 1. The van der Waals surface area contributed by atoms with Crippen LogP contribution in [0.4, 0.5) is 0 Å². The quantitative estimate of drug-likeness (QED) is 0.624. The lowest BCUT2D eigenvalue weighted by atomic mass is 10.2. The number of hydrogen-bond donors (Lipinski definition) is 1. The van der Waals surface area contributed by atoms with Crippen molar-refractivity contribution in [3.8, 4) is 0 Å². The number of esters is 1. The van der Waals surface area contributed by atoms with Crippen molar-refractivity contribution in [3.63, 3.8) is 0 Å². The number of fused-ring (bicyclic) bond motifs is 1. The van der Waals surface area contributed by atoms with Gasteiger partial charge in [-0.1, -0.05) is 6.07 Å². The molecule has 0 saturated carbocycles. The fourth-order valence-electron chi connectivity index (χ4n) is 1.70. The van der Waals surface area contributed by atoms with Crippen LogP contribution in [0, 0.1) is 0 Å². The summed E-state index contributed by atoms with van der Waals surface area (Å²) in [4.78, 5) is 15.0. The molecule has 0 fully saturated rings. The first-order chi connectivity index (χ1) is 8.79. The van der Waals surface area contributed by atoms with Crippen LogP contribution in [-0.2, 0) is 16.1 Å². The van der Waals surface area contributed by atoms with E-state index in [4.69, 9.17) is 4.42 Å². The van der Waals surface area contributed by atoms with Crippen LogP contribution >= 0.6 is 0 Å². The summed E-state index contributed by atoms with van der Waals surface area (Å²) in [5.41, 5.74) is 2.80. The summed E-state index contributed by atoms with van der Waals surface area (Å²) in [7, 11) is 1.41. The highest BCUT2D eigenvalue weighted by molar-refractivity contribution is 5.72. The van der Waals surface area contributed by atoms with Crippen molar-refractivity contribution in [2.45, 2.75) is 19.4 Å². The largest absolute Gasteiger partial charge is 0.469 e. The number of hydrogen-bond acceptors (Lipinski definition) is 5. The lowest BCUT2D eigenvalue weighted by Crippen LogP contribution is -2.16. The maximum absolute atomic E-state index is 10.9. The zero-order valence-electron chi connectivity index (χ0n) is 10.3. The zero-order valence-corrected chi connectivity index (χ0v) is 10.3. The minimum absolute atomic E-state index is 0.167. The van der Waals surface area contributed by atoms with Crippen LogP contribution in [0.1, 0.15) is 18.4 Å². The molecule has 5 heteroatoms. The molecule has 5 nitrogen and oxygen atoms in total. The Labute approximate surface area is 105 Å². The number of benzene rings is 1. The van der Waals surface area contributed by atoms with Gasteiger partial charge in [-0.15, -0.1) is 0 Å². The van der Waals surface area contributed by atoms with E-state index in [1.54, 1.807) is 0 Å². The minimum atomic E-state index is -0.167. The number of carbonyl (C=O) groups excluding carboxylic acids is 1. The fourth-order valence-corrected chi connectivity index (χ4v) is 1.70. The third-order valence-corrected chi connectivity index (χ3v) is 2.69. The molecule has 1 N–H and O–H groups in total. The normalized spacial score (nSPS) is 10.7. The van der Waals surface area contributed by atoms with Crippen LogP contribution in [0.2, 0.25) is 0 Å². The maximum atomic E-state index is 10.9. The van der Waals surface area contributed by atoms with E-state index in [0.29, 0.717) is 6.42 Å². The average molecular weight is 248 g/mol. The van der Waals surface area contributed by atoms with Crippen LogP contribution in [0.3, 0.4) is 0 Å². The van der Waals surface area contributed by atoms with Gasteiger partial charge in [0.05, 0.1) is 7.11 Å². The van der Waals surface area contributed by atoms with Gasteiger partial charge in [0.2, 0.25) is 0 Å². The second-order valence-corrected chi connectivity index (χ2v) is 4.01. The molecule has 0 aliphatic rings. The molecule has 0 aliphatic carbocycles. The number of ether oxygens (including phenoxy) is 1. The molecule has 0 saturated heterocycles. The lowest BCUT2D eigenvalue weighted by Gasteiger charge is -2.04. The topological polar surface area (TPSA) is 64.4 Å². The van der Waals surface area contributed by atoms with Crippen molar-refractivity contribution >= 4 is 17.1 Å². The highest BCUT2D eigenvalue weighted by Gasteiger charge is 2.01.